The summed E-state index contributed by atoms with van der Waals surface area (Å²) in [7, 11) is -2.93. The van der Waals surface area contributed by atoms with Gasteiger partial charge < -0.3 is 10.2 Å². The average molecular weight is 358 g/mol. The number of rotatable bonds is 4. The van der Waals surface area contributed by atoms with Crippen molar-refractivity contribution >= 4 is 21.6 Å². The van der Waals surface area contributed by atoms with Crippen molar-refractivity contribution in [3.63, 3.8) is 0 Å². The summed E-state index contributed by atoms with van der Waals surface area (Å²) in [6.07, 6.45) is 2.96. The molecule has 0 bridgehead atoms. The third-order valence-electron chi connectivity index (χ3n) is 4.78. The molecule has 1 atom stereocenters. The molecule has 6 nitrogen and oxygen atoms in total. The van der Waals surface area contributed by atoms with Gasteiger partial charge in [0.05, 0.1) is 17.2 Å². The third-order valence-corrected chi connectivity index (χ3v) is 6.55. The highest BCUT2D eigenvalue weighted by Crippen LogP contribution is 2.26. The molecule has 132 valence electrons. The second kappa shape index (κ2) is 6.63. The number of hydrogen-bond donors (Lipinski definition) is 1. The minimum atomic E-state index is -2.93. The van der Waals surface area contributed by atoms with E-state index >= 15 is 0 Å². The van der Waals surface area contributed by atoms with Crippen molar-refractivity contribution in [3.8, 4) is 11.3 Å². The summed E-state index contributed by atoms with van der Waals surface area (Å²) in [5, 5.41) is 3.24. The Hall–Kier alpha value is -2.15. The van der Waals surface area contributed by atoms with Crippen molar-refractivity contribution in [2.75, 3.05) is 34.8 Å². The Bertz CT molecular complexity index is 849. The summed E-state index contributed by atoms with van der Waals surface area (Å²) in [6.45, 7) is 2.00. The number of anilines is 2. The highest BCUT2D eigenvalue weighted by molar-refractivity contribution is 7.91. The molecule has 7 heteroatoms. The summed E-state index contributed by atoms with van der Waals surface area (Å²) in [5.41, 5.74) is 1.90. The van der Waals surface area contributed by atoms with Crippen LogP contribution in [0.5, 0.6) is 0 Å². The van der Waals surface area contributed by atoms with Crippen LogP contribution in [0.4, 0.5) is 11.8 Å². The zero-order valence-corrected chi connectivity index (χ0v) is 14.9. The van der Waals surface area contributed by atoms with Gasteiger partial charge in [-0.3, -0.25) is 0 Å². The first-order valence-corrected chi connectivity index (χ1v) is 10.6. The Kier molecular flexibility index (Phi) is 4.33. The molecular formula is C18H22N4O2S. The Morgan fingerprint density at radius 1 is 1.08 bits per heavy atom. The average Bonchev–Trinajstić information content (AvgIpc) is 3.25. The molecule has 0 amide bonds. The van der Waals surface area contributed by atoms with E-state index in [0.29, 0.717) is 12.4 Å². The zero-order valence-electron chi connectivity index (χ0n) is 14.1. The Morgan fingerprint density at radius 3 is 2.52 bits per heavy atom. The summed E-state index contributed by atoms with van der Waals surface area (Å²) in [5.74, 6) is 1.83. The lowest BCUT2D eigenvalue weighted by molar-refractivity contribution is 0.602. The first-order valence-electron chi connectivity index (χ1n) is 8.75. The number of nitrogens with zero attached hydrogens (tertiary/aromatic N) is 3. The van der Waals surface area contributed by atoms with Gasteiger partial charge in [0.15, 0.2) is 9.84 Å². The van der Waals surface area contributed by atoms with Crippen LogP contribution in [0.2, 0.25) is 0 Å². The van der Waals surface area contributed by atoms with Crippen molar-refractivity contribution in [3.05, 3.63) is 36.4 Å². The minimum Gasteiger partial charge on any atom is -0.356 e. The standard InChI is InChI=1S/C18H22N4O2S/c23-25(24)11-8-15(13-25)19-18-20-16(14-6-2-1-3-7-14)12-17(21-18)22-9-4-5-10-22/h1-3,6-7,12,15H,4-5,8-11,13H2,(H,19,20,21). The smallest absolute Gasteiger partial charge is 0.225 e. The molecule has 25 heavy (non-hydrogen) atoms. The van der Waals surface area contributed by atoms with E-state index in [1.54, 1.807) is 0 Å². The van der Waals surface area contributed by atoms with Crippen LogP contribution in [0, 0.1) is 0 Å². The van der Waals surface area contributed by atoms with Crippen molar-refractivity contribution in [1.29, 1.82) is 0 Å². The van der Waals surface area contributed by atoms with Gasteiger partial charge in [0.25, 0.3) is 0 Å². The van der Waals surface area contributed by atoms with Gasteiger partial charge in [-0.05, 0) is 19.3 Å². The van der Waals surface area contributed by atoms with Crippen LogP contribution in [-0.4, -0.2) is 49.0 Å². The molecule has 0 saturated carbocycles. The van der Waals surface area contributed by atoms with E-state index < -0.39 is 9.84 Å². The molecule has 1 unspecified atom stereocenters. The third kappa shape index (κ3) is 3.76. The van der Waals surface area contributed by atoms with Crippen LogP contribution in [0.1, 0.15) is 19.3 Å². The van der Waals surface area contributed by atoms with Crippen molar-refractivity contribution in [2.24, 2.45) is 0 Å². The Labute approximate surface area is 148 Å². The lowest BCUT2D eigenvalue weighted by atomic mass is 10.1. The van der Waals surface area contributed by atoms with E-state index in [4.69, 9.17) is 0 Å². The monoisotopic (exact) mass is 358 g/mol. The Morgan fingerprint density at radius 2 is 1.84 bits per heavy atom. The molecule has 2 aromatic rings. The van der Waals surface area contributed by atoms with Gasteiger partial charge >= 0.3 is 0 Å². The molecule has 1 aromatic carbocycles. The van der Waals surface area contributed by atoms with E-state index in [1.807, 2.05) is 36.4 Å². The summed E-state index contributed by atoms with van der Waals surface area (Å²) < 4.78 is 23.4. The molecule has 2 aliphatic rings. The highest BCUT2D eigenvalue weighted by atomic mass is 32.2. The fourth-order valence-corrected chi connectivity index (χ4v) is 5.13. The lowest BCUT2D eigenvalue weighted by Gasteiger charge is -2.19. The maximum absolute atomic E-state index is 11.7. The SMILES string of the molecule is O=S1(=O)CCC(Nc2nc(-c3ccccc3)cc(N3CCCC3)n2)C1. The van der Waals surface area contributed by atoms with E-state index in [9.17, 15) is 8.42 Å². The molecule has 0 spiro atoms. The van der Waals surface area contributed by atoms with Gasteiger partial charge in [0, 0.05) is 30.8 Å². The molecule has 1 N–H and O–H groups in total. The Balaban J connectivity index is 1.66. The molecule has 2 saturated heterocycles. The van der Waals surface area contributed by atoms with Crippen molar-refractivity contribution < 1.29 is 8.42 Å². The largest absolute Gasteiger partial charge is 0.356 e. The fourth-order valence-electron chi connectivity index (χ4n) is 3.46. The topological polar surface area (TPSA) is 75.2 Å². The number of nitrogens with one attached hydrogen (secondary N) is 1. The minimum absolute atomic E-state index is 0.109. The molecule has 0 radical (unpaired) electrons. The molecule has 4 rings (SSSR count). The van der Waals surface area contributed by atoms with Gasteiger partial charge in [0.2, 0.25) is 5.95 Å². The first-order chi connectivity index (χ1) is 12.1. The summed E-state index contributed by atoms with van der Waals surface area (Å²) in [6, 6.07) is 11.9. The van der Waals surface area contributed by atoms with Crippen LogP contribution in [0.15, 0.2) is 36.4 Å². The molecule has 1 aromatic heterocycles. The normalized spacial score (nSPS) is 22.2. The summed E-state index contributed by atoms with van der Waals surface area (Å²) in [4.78, 5) is 11.6. The predicted molar refractivity (Wildman–Crippen MR) is 99.6 cm³/mol. The van der Waals surface area contributed by atoms with E-state index in [0.717, 1.165) is 30.2 Å². The van der Waals surface area contributed by atoms with Gasteiger partial charge in [-0.15, -0.1) is 0 Å². The lowest BCUT2D eigenvalue weighted by Crippen LogP contribution is -2.24. The van der Waals surface area contributed by atoms with E-state index in [-0.39, 0.29) is 17.5 Å². The van der Waals surface area contributed by atoms with Gasteiger partial charge in [0.1, 0.15) is 5.82 Å². The second-order valence-corrected chi connectivity index (χ2v) is 8.97. The molecule has 2 aliphatic heterocycles. The van der Waals surface area contributed by atoms with Crippen LogP contribution in [0.3, 0.4) is 0 Å². The number of benzene rings is 1. The first kappa shape index (κ1) is 16.3. The number of sulfone groups is 1. The van der Waals surface area contributed by atoms with Gasteiger partial charge in [-0.2, -0.15) is 4.98 Å². The van der Waals surface area contributed by atoms with Gasteiger partial charge in [-0.1, -0.05) is 30.3 Å². The molecular weight excluding hydrogens is 336 g/mol. The quantitative estimate of drug-likeness (QED) is 0.904. The predicted octanol–water partition coefficient (Wildman–Crippen LogP) is 2.34. The van der Waals surface area contributed by atoms with Crippen molar-refractivity contribution in [1.82, 2.24) is 9.97 Å². The van der Waals surface area contributed by atoms with Crippen LogP contribution in [-0.2, 0) is 9.84 Å². The molecule has 0 aliphatic carbocycles. The maximum atomic E-state index is 11.7. The van der Waals surface area contributed by atoms with Gasteiger partial charge in [-0.25, -0.2) is 13.4 Å². The van der Waals surface area contributed by atoms with E-state index in [2.05, 4.69) is 20.2 Å². The van der Waals surface area contributed by atoms with Crippen LogP contribution < -0.4 is 10.2 Å². The molecule has 2 fully saturated rings. The van der Waals surface area contributed by atoms with Crippen LogP contribution in [0.25, 0.3) is 11.3 Å². The summed E-state index contributed by atoms with van der Waals surface area (Å²) >= 11 is 0. The zero-order chi connectivity index (χ0) is 17.3. The molecule has 3 heterocycles. The van der Waals surface area contributed by atoms with Crippen LogP contribution >= 0.6 is 0 Å². The maximum Gasteiger partial charge on any atom is 0.225 e. The number of aromatic nitrogens is 2. The number of hydrogen-bond acceptors (Lipinski definition) is 6. The highest BCUT2D eigenvalue weighted by Gasteiger charge is 2.28. The van der Waals surface area contributed by atoms with E-state index in [1.165, 1.54) is 12.8 Å². The second-order valence-electron chi connectivity index (χ2n) is 6.74. The fraction of sp³-hybridized carbons (Fsp3) is 0.444. The van der Waals surface area contributed by atoms with Crippen molar-refractivity contribution in [2.45, 2.75) is 25.3 Å².